The summed E-state index contributed by atoms with van der Waals surface area (Å²) < 4.78 is 6.67. The number of benzene rings is 1. The van der Waals surface area contributed by atoms with E-state index in [1.54, 1.807) is 14.2 Å². The van der Waals surface area contributed by atoms with Crippen molar-refractivity contribution in [1.29, 1.82) is 0 Å². The maximum Gasteiger partial charge on any atom is 0.271 e. The van der Waals surface area contributed by atoms with Gasteiger partial charge in [0.25, 0.3) is 5.91 Å². The third-order valence-corrected chi connectivity index (χ3v) is 2.81. The lowest BCUT2D eigenvalue weighted by molar-refractivity contribution is 0.0942. The summed E-state index contributed by atoms with van der Waals surface area (Å²) >= 11 is 0. The maximum absolute atomic E-state index is 12.0. The molecule has 6 nitrogen and oxygen atoms in total. The first-order chi connectivity index (χ1) is 9.13. The zero-order valence-corrected chi connectivity index (χ0v) is 10.9. The molecule has 2 rings (SSSR count). The molecule has 1 aromatic heterocycles. The van der Waals surface area contributed by atoms with Gasteiger partial charge in [0.15, 0.2) is 0 Å². The van der Waals surface area contributed by atoms with E-state index in [1.807, 2.05) is 24.3 Å². The highest BCUT2D eigenvalue weighted by atomic mass is 16.5. The lowest BCUT2D eigenvalue weighted by Gasteiger charge is -2.10. The number of anilines is 1. The van der Waals surface area contributed by atoms with Crippen LogP contribution in [0, 0.1) is 0 Å². The average molecular weight is 260 g/mol. The van der Waals surface area contributed by atoms with Gasteiger partial charge in [-0.1, -0.05) is 18.2 Å². The summed E-state index contributed by atoms with van der Waals surface area (Å²) in [4.78, 5) is 12.0. The Morgan fingerprint density at radius 2 is 2.21 bits per heavy atom. The minimum atomic E-state index is -0.261. The van der Waals surface area contributed by atoms with E-state index in [4.69, 9.17) is 10.5 Å². The third kappa shape index (κ3) is 2.67. The quantitative estimate of drug-likeness (QED) is 0.857. The van der Waals surface area contributed by atoms with E-state index in [0.717, 1.165) is 11.3 Å². The van der Waals surface area contributed by atoms with Gasteiger partial charge >= 0.3 is 0 Å². The molecular weight excluding hydrogens is 244 g/mol. The van der Waals surface area contributed by atoms with Crippen molar-refractivity contribution in [3.8, 4) is 5.75 Å². The molecule has 0 spiro atoms. The van der Waals surface area contributed by atoms with Crippen LogP contribution in [0.2, 0.25) is 0 Å². The summed E-state index contributed by atoms with van der Waals surface area (Å²) in [6, 6.07) is 7.51. The molecule has 0 unspecified atom stereocenters. The van der Waals surface area contributed by atoms with Crippen molar-refractivity contribution in [3.05, 3.63) is 41.7 Å². The van der Waals surface area contributed by atoms with Crippen molar-refractivity contribution >= 4 is 11.6 Å². The molecule has 0 saturated heterocycles. The first-order valence-electron chi connectivity index (χ1n) is 5.81. The molecule has 0 radical (unpaired) electrons. The van der Waals surface area contributed by atoms with Crippen molar-refractivity contribution in [2.45, 2.75) is 6.54 Å². The number of nitrogens with zero attached hydrogens (tertiary/aromatic N) is 2. The lowest BCUT2D eigenvalue weighted by atomic mass is 10.2. The molecule has 0 atom stereocenters. The van der Waals surface area contributed by atoms with Crippen molar-refractivity contribution in [1.82, 2.24) is 15.1 Å². The first kappa shape index (κ1) is 12.9. The van der Waals surface area contributed by atoms with Crippen LogP contribution in [0.15, 0.2) is 30.5 Å². The van der Waals surface area contributed by atoms with Gasteiger partial charge in [0, 0.05) is 19.2 Å². The van der Waals surface area contributed by atoms with Crippen LogP contribution in [0.3, 0.4) is 0 Å². The third-order valence-electron chi connectivity index (χ3n) is 2.81. The van der Waals surface area contributed by atoms with E-state index in [2.05, 4.69) is 10.4 Å². The summed E-state index contributed by atoms with van der Waals surface area (Å²) in [5.74, 6) is 0.476. The molecule has 0 fully saturated rings. The van der Waals surface area contributed by atoms with Crippen LogP contribution < -0.4 is 15.8 Å². The minimum absolute atomic E-state index is 0.261. The second-order valence-corrected chi connectivity index (χ2v) is 4.07. The number of nitrogens with two attached hydrogens (primary N) is 1. The number of nitrogen functional groups attached to an aromatic ring is 1. The summed E-state index contributed by atoms with van der Waals surface area (Å²) in [6.07, 6.45) is 1.46. The molecular formula is C13H16N4O2. The normalized spacial score (nSPS) is 10.2. The van der Waals surface area contributed by atoms with E-state index in [-0.39, 0.29) is 5.91 Å². The van der Waals surface area contributed by atoms with Crippen molar-refractivity contribution in [2.24, 2.45) is 7.05 Å². The number of aryl methyl sites for hydroxylation is 1. The van der Waals surface area contributed by atoms with Crippen molar-refractivity contribution < 1.29 is 9.53 Å². The minimum Gasteiger partial charge on any atom is -0.496 e. The highest BCUT2D eigenvalue weighted by molar-refractivity contribution is 5.97. The van der Waals surface area contributed by atoms with E-state index >= 15 is 0 Å². The molecule has 6 heteroatoms. The fourth-order valence-corrected chi connectivity index (χ4v) is 1.84. The Kier molecular flexibility index (Phi) is 3.70. The number of carbonyl (C=O) groups is 1. The Morgan fingerprint density at radius 1 is 1.47 bits per heavy atom. The first-order valence-corrected chi connectivity index (χ1v) is 5.81. The van der Waals surface area contributed by atoms with Gasteiger partial charge in [-0.2, -0.15) is 5.10 Å². The van der Waals surface area contributed by atoms with E-state index in [1.165, 1.54) is 10.9 Å². The summed E-state index contributed by atoms with van der Waals surface area (Å²) in [5.41, 5.74) is 7.32. The number of rotatable bonds is 4. The molecule has 3 N–H and O–H groups in total. The molecule has 2 aromatic rings. The number of hydrogen-bond acceptors (Lipinski definition) is 4. The average Bonchev–Trinajstić information content (AvgIpc) is 2.76. The van der Waals surface area contributed by atoms with Crippen LogP contribution in [0.5, 0.6) is 5.75 Å². The van der Waals surface area contributed by atoms with Gasteiger partial charge in [-0.05, 0) is 6.07 Å². The molecule has 0 bridgehead atoms. The number of carbonyl (C=O) groups excluding carboxylic acids is 1. The fraction of sp³-hybridized carbons (Fsp3) is 0.231. The van der Waals surface area contributed by atoms with Gasteiger partial charge in [0.05, 0.1) is 19.0 Å². The van der Waals surface area contributed by atoms with Gasteiger partial charge in [-0.3, -0.25) is 9.48 Å². The molecule has 0 aliphatic carbocycles. The van der Waals surface area contributed by atoms with Crippen LogP contribution in [0.25, 0.3) is 0 Å². The molecule has 0 aliphatic rings. The Bertz CT molecular complexity index is 573. The summed E-state index contributed by atoms with van der Waals surface area (Å²) in [5, 5.41) is 6.73. The van der Waals surface area contributed by atoms with E-state index in [0.29, 0.717) is 17.9 Å². The number of methoxy groups -OCH3 is 1. The maximum atomic E-state index is 12.0. The van der Waals surface area contributed by atoms with Crippen molar-refractivity contribution in [3.63, 3.8) is 0 Å². The molecule has 19 heavy (non-hydrogen) atoms. The number of nitrogens with one attached hydrogen (secondary N) is 1. The number of hydrogen-bond donors (Lipinski definition) is 2. The van der Waals surface area contributed by atoms with Crippen LogP contribution in [-0.4, -0.2) is 22.8 Å². The molecule has 1 amide bonds. The number of amides is 1. The summed E-state index contributed by atoms with van der Waals surface area (Å²) in [7, 11) is 3.27. The molecule has 1 aromatic carbocycles. The van der Waals surface area contributed by atoms with Gasteiger partial charge in [-0.25, -0.2) is 0 Å². The van der Waals surface area contributed by atoms with Crippen LogP contribution >= 0.6 is 0 Å². The fourth-order valence-electron chi connectivity index (χ4n) is 1.84. The number of para-hydroxylation sites is 1. The number of ether oxygens (including phenoxy) is 1. The Hall–Kier alpha value is -2.50. The molecule has 1 heterocycles. The molecule has 100 valence electrons. The lowest BCUT2D eigenvalue weighted by Crippen LogP contribution is -2.26. The second-order valence-electron chi connectivity index (χ2n) is 4.07. The largest absolute Gasteiger partial charge is 0.496 e. The Labute approximate surface area is 111 Å². The Balaban J connectivity index is 2.09. The number of aromatic nitrogens is 2. The van der Waals surface area contributed by atoms with Crippen LogP contribution in [0.4, 0.5) is 5.69 Å². The standard InChI is InChI=1S/C13H16N4O2/c1-17-12(10(14)8-16-17)13(18)15-7-9-5-3-4-6-11(9)19-2/h3-6,8H,7,14H2,1-2H3,(H,15,18). The smallest absolute Gasteiger partial charge is 0.271 e. The van der Waals surface area contributed by atoms with Gasteiger partial charge in [-0.15, -0.1) is 0 Å². The predicted molar refractivity (Wildman–Crippen MR) is 71.8 cm³/mol. The van der Waals surface area contributed by atoms with Crippen molar-refractivity contribution in [2.75, 3.05) is 12.8 Å². The zero-order valence-electron chi connectivity index (χ0n) is 10.9. The van der Waals surface area contributed by atoms with E-state index < -0.39 is 0 Å². The van der Waals surface area contributed by atoms with E-state index in [9.17, 15) is 4.79 Å². The summed E-state index contributed by atoms with van der Waals surface area (Å²) in [6.45, 7) is 0.369. The highest BCUT2D eigenvalue weighted by Gasteiger charge is 2.14. The van der Waals surface area contributed by atoms with Gasteiger partial charge in [0.1, 0.15) is 11.4 Å². The second kappa shape index (κ2) is 5.43. The van der Waals surface area contributed by atoms with Crippen LogP contribution in [-0.2, 0) is 13.6 Å². The monoisotopic (exact) mass is 260 g/mol. The predicted octanol–water partition coefficient (Wildman–Crippen LogP) is 0.941. The SMILES string of the molecule is COc1ccccc1CNC(=O)c1c(N)cnn1C. The molecule has 0 aliphatic heterocycles. The van der Waals surface area contributed by atoms with Gasteiger partial charge < -0.3 is 15.8 Å². The van der Waals surface area contributed by atoms with Gasteiger partial charge in [0.2, 0.25) is 0 Å². The molecule has 0 saturated carbocycles. The van der Waals surface area contributed by atoms with Crippen LogP contribution in [0.1, 0.15) is 16.1 Å². The zero-order chi connectivity index (χ0) is 13.8. The Morgan fingerprint density at radius 3 is 2.84 bits per heavy atom. The highest BCUT2D eigenvalue weighted by Crippen LogP contribution is 2.17. The topological polar surface area (TPSA) is 82.2 Å².